The average molecular weight is 603 g/mol. The smallest absolute Gasteiger partial charge is 0.122 e. The molecule has 0 fully saturated rings. The molecule has 2 aromatic rings. The molecule has 2 rings (SSSR count). The summed E-state index contributed by atoms with van der Waals surface area (Å²) in [5, 5.41) is 22.6. The first-order valence-corrected chi connectivity index (χ1v) is 18.2. The number of hydrogen-bond acceptors (Lipinski definition) is 5. The number of aryl methyl sites for hydroxylation is 2. The minimum absolute atomic E-state index is 0.525. The van der Waals surface area contributed by atoms with Crippen molar-refractivity contribution in [1.29, 1.82) is 0 Å². The highest BCUT2D eigenvalue weighted by molar-refractivity contribution is 8.08. The monoisotopic (exact) mass is 602 g/mol. The molecule has 0 aliphatic carbocycles. The Labute approximate surface area is 261 Å². The zero-order valence-corrected chi connectivity index (χ0v) is 28.6. The predicted octanol–water partition coefficient (Wildman–Crippen LogP) is 11.9. The van der Waals surface area contributed by atoms with Crippen molar-refractivity contribution in [2.45, 2.75) is 167 Å². The first-order valence-electron chi connectivity index (χ1n) is 16.7. The highest BCUT2D eigenvalue weighted by atomic mass is 32.2. The quantitative estimate of drug-likeness (QED) is 0.131. The van der Waals surface area contributed by atoms with Crippen LogP contribution in [0.25, 0.3) is 0 Å². The molecule has 0 amide bonds. The lowest BCUT2D eigenvalue weighted by Gasteiger charge is -2.20. The van der Waals surface area contributed by atoms with E-state index in [1.54, 1.807) is 0 Å². The maximum atomic E-state index is 11.3. The Balaban J connectivity index is 2.48. The van der Waals surface area contributed by atoms with Gasteiger partial charge in [0, 0.05) is 33.9 Å². The van der Waals surface area contributed by atoms with Crippen molar-refractivity contribution in [3.05, 3.63) is 45.5 Å². The molecule has 0 saturated heterocycles. The third-order valence-corrected chi connectivity index (χ3v) is 9.71. The highest BCUT2D eigenvalue weighted by Gasteiger charge is 2.21. The molecule has 0 heterocycles. The van der Waals surface area contributed by atoms with Crippen LogP contribution in [-0.2, 0) is 42.2 Å². The predicted molar refractivity (Wildman–Crippen MR) is 181 cm³/mol. The van der Waals surface area contributed by atoms with Gasteiger partial charge in [-0.2, -0.15) is 0 Å². The summed E-state index contributed by atoms with van der Waals surface area (Å²) in [5.74, 6) is 1.05. The molecular weight excluding hydrogens is 545 g/mol. The van der Waals surface area contributed by atoms with Crippen molar-refractivity contribution in [3.8, 4) is 11.5 Å². The number of phenols is 2. The van der Waals surface area contributed by atoms with E-state index in [1.807, 2.05) is 0 Å². The van der Waals surface area contributed by atoms with Gasteiger partial charge in [0.15, 0.2) is 0 Å². The topological polar surface area (TPSA) is 49.7 Å². The Bertz CT molecular complexity index is 953. The number of unbranched alkanes of at least 4 members (excludes halogenated alkanes) is 6. The molecule has 232 valence electrons. The standard InChI is InChI=1S/C36H58O3S2/c1-7-13-19-27-25-33(29(21-15-9-3)31(35(27)37)23-17-11-5)40-39-41-34-26-28(20-14-8-2)36(38)32(24-18-12-6)30(34)22-16-10-4/h25-26,37-38H,7-24H2,1-6H3. The minimum atomic E-state index is 0.525. The van der Waals surface area contributed by atoms with E-state index in [0.29, 0.717) is 11.5 Å². The van der Waals surface area contributed by atoms with Gasteiger partial charge in [0.1, 0.15) is 11.5 Å². The van der Waals surface area contributed by atoms with E-state index >= 15 is 0 Å². The largest absolute Gasteiger partial charge is 0.507 e. The lowest BCUT2D eigenvalue weighted by atomic mass is 9.92. The zero-order chi connectivity index (χ0) is 30.0. The van der Waals surface area contributed by atoms with Crippen molar-refractivity contribution in [2.75, 3.05) is 0 Å². The van der Waals surface area contributed by atoms with E-state index in [0.717, 1.165) is 148 Å². The van der Waals surface area contributed by atoms with E-state index in [2.05, 4.69) is 53.7 Å². The van der Waals surface area contributed by atoms with Crippen LogP contribution in [-0.4, -0.2) is 10.2 Å². The molecule has 0 radical (unpaired) electrons. The molecule has 3 nitrogen and oxygen atoms in total. The molecule has 2 aromatic carbocycles. The van der Waals surface area contributed by atoms with Gasteiger partial charge in [-0.25, -0.2) is 3.63 Å². The fraction of sp³-hybridized carbons (Fsp3) is 0.667. The van der Waals surface area contributed by atoms with Crippen LogP contribution in [0.4, 0.5) is 0 Å². The van der Waals surface area contributed by atoms with Crippen LogP contribution in [0.3, 0.4) is 0 Å². The molecule has 2 N–H and O–H groups in total. The Morgan fingerprint density at radius 2 is 0.756 bits per heavy atom. The minimum Gasteiger partial charge on any atom is -0.507 e. The summed E-state index contributed by atoms with van der Waals surface area (Å²) < 4.78 is 6.43. The second-order valence-corrected chi connectivity index (χ2v) is 13.3. The summed E-state index contributed by atoms with van der Waals surface area (Å²) in [6, 6.07) is 4.40. The van der Waals surface area contributed by atoms with Gasteiger partial charge in [-0.3, -0.25) is 0 Å². The van der Waals surface area contributed by atoms with Crippen LogP contribution in [0.15, 0.2) is 21.9 Å². The lowest BCUT2D eigenvalue weighted by Crippen LogP contribution is -2.03. The third-order valence-electron chi connectivity index (χ3n) is 8.08. The number of phenolic OH excluding ortho intramolecular Hbond substituents is 2. The van der Waals surface area contributed by atoms with Crippen LogP contribution >= 0.6 is 24.1 Å². The fourth-order valence-corrected chi connectivity index (χ4v) is 7.21. The maximum absolute atomic E-state index is 11.3. The van der Waals surface area contributed by atoms with Crippen molar-refractivity contribution in [2.24, 2.45) is 0 Å². The normalized spacial score (nSPS) is 11.5. The summed E-state index contributed by atoms with van der Waals surface area (Å²) in [7, 11) is 0. The highest BCUT2D eigenvalue weighted by Crippen LogP contribution is 2.43. The molecule has 5 heteroatoms. The SMILES string of the molecule is CCCCc1cc(SOSc2cc(CCCC)c(O)c(CCCC)c2CCCC)c(CCCC)c(CCCC)c1O. The first kappa shape index (κ1) is 35.9. The maximum Gasteiger partial charge on any atom is 0.122 e. The van der Waals surface area contributed by atoms with Crippen molar-refractivity contribution < 1.29 is 13.8 Å². The number of aromatic hydroxyl groups is 2. The third kappa shape index (κ3) is 11.0. The van der Waals surface area contributed by atoms with Gasteiger partial charge >= 0.3 is 0 Å². The number of hydrogen-bond donors (Lipinski definition) is 2. The second-order valence-electron chi connectivity index (χ2n) is 11.5. The van der Waals surface area contributed by atoms with Gasteiger partial charge in [0.05, 0.1) is 0 Å². The molecule has 0 aliphatic heterocycles. The van der Waals surface area contributed by atoms with Crippen molar-refractivity contribution >= 4 is 24.1 Å². The molecule has 0 atom stereocenters. The molecule has 0 saturated carbocycles. The van der Waals surface area contributed by atoms with Crippen LogP contribution in [0, 0.1) is 0 Å². The van der Waals surface area contributed by atoms with E-state index in [1.165, 1.54) is 35.2 Å². The lowest BCUT2D eigenvalue weighted by molar-refractivity contribution is 0.455. The first-order chi connectivity index (χ1) is 20.0. The molecule has 0 aromatic heterocycles. The summed E-state index contributed by atoms with van der Waals surface area (Å²) in [6.07, 6.45) is 18.8. The molecule has 0 aliphatic rings. The molecular formula is C36H58O3S2. The van der Waals surface area contributed by atoms with E-state index in [9.17, 15) is 10.2 Å². The number of benzene rings is 2. The Kier molecular flexibility index (Phi) is 18.0. The van der Waals surface area contributed by atoms with Crippen LogP contribution in [0.1, 0.15) is 152 Å². The fourth-order valence-electron chi connectivity index (χ4n) is 5.45. The Hall–Kier alpha value is -1.30. The van der Waals surface area contributed by atoms with Gasteiger partial charge in [0.25, 0.3) is 0 Å². The molecule has 0 spiro atoms. The van der Waals surface area contributed by atoms with E-state index < -0.39 is 0 Å². The summed E-state index contributed by atoms with van der Waals surface area (Å²) in [5.41, 5.74) is 6.95. The second kappa shape index (κ2) is 20.6. The van der Waals surface area contributed by atoms with Gasteiger partial charge in [-0.15, -0.1) is 0 Å². The van der Waals surface area contributed by atoms with Crippen molar-refractivity contribution in [1.82, 2.24) is 0 Å². The molecule has 0 bridgehead atoms. The average Bonchev–Trinajstić information content (AvgIpc) is 2.98. The van der Waals surface area contributed by atoms with Crippen LogP contribution < -0.4 is 0 Å². The summed E-state index contributed by atoms with van der Waals surface area (Å²) in [6.45, 7) is 13.3. The molecule has 41 heavy (non-hydrogen) atoms. The Morgan fingerprint density at radius 1 is 0.463 bits per heavy atom. The van der Waals surface area contributed by atoms with Gasteiger partial charge < -0.3 is 10.2 Å². The van der Waals surface area contributed by atoms with Crippen LogP contribution in [0.5, 0.6) is 11.5 Å². The van der Waals surface area contributed by atoms with E-state index in [4.69, 9.17) is 3.63 Å². The van der Waals surface area contributed by atoms with Gasteiger partial charge in [0.2, 0.25) is 0 Å². The summed E-state index contributed by atoms with van der Waals surface area (Å²) in [4.78, 5) is 2.32. The van der Waals surface area contributed by atoms with Gasteiger partial charge in [-0.1, -0.05) is 80.1 Å². The van der Waals surface area contributed by atoms with Crippen molar-refractivity contribution in [3.63, 3.8) is 0 Å². The zero-order valence-electron chi connectivity index (χ0n) is 27.0. The Morgan fingerprint density at radius 3 is 1.07 bits per heavy atom. The number of rotatable bonds is 22. The van der Waals surface area contributed by atoms with Gasteiger partial charge in [-0.05, 0) is 123 Å². The van der Waals surface area contributed by atoms with E-state index in [-0.39, 0.29) is 0 Å². The summed E-state index contributed by atoms with van der Waals surface area (Å²) >= 11 is 2.94. The van der Waals surface area contributed by atoms with Crippen LogP contribution in [0.2, 0.25) is 0 Å². The molecule has 0 unspecified atom stereocenters.